The van der Waals surface area contributed by atoms with E-state index in [9.17, 15) is 0 Å². The van der Waals surface area contributed by atoms with Crippen LogP contribution in [0.15, 0.2) is 23.3 Å². The monoisotopic (exact) mass is 248 g/mol. The molecule has 0 heteroatoms. The Kier molecular flexibility index (Phi) is 5.25. The van der Waals surface area contributed by atoms with Crippen LogP contribution in [-0.2, 0) is 0 Å². The van der Waals surface area contributed by atoms with E-state index in [-0.39, 0.29) is 0 Å². The van der Waals surface area contributed by atoms with Gasteiger partial charge in [0.15, 0.2) is 0 Å². The van der Waals surface area contributed by atoms with E-state index < -0.39 is 0 Å². The van der Waals surface area contributed by atoms with Gasteiger partial charge in [-0.15, -0.1) is 0 Å². The second-order valence-electron chi connectivity index (χ2n) is 6.42. The Balaban J connectivity index is 2.95. The van der Waals surface area contributed by atoms with Crippen molar-refractivity contribution in [3.8, 4) is 0 Å². The van der Waals surface area contributed by atoms with Gasteiger partial charge in [-0.05, 0) is 49.4 Å². The fourth-order valence-corrected chi connectivity index (χ4v) is 3.05. The molecule has 0 bridgehead atoms. The Labute approximate surface area is 115 Å². The minimum absolute atomic E-state index is 0.427. The van der Waals surface area contributed by atoms with Gasteiger partial charge in [0.2, 0.25) is 0 Å². The molecule has 0 atom stereocenters. The molecule has 0 amide bonds. The van der Waals surface area contributed by atoms with Crippen molar-refractivity contribution in [2.75, 3.05) is 0 Å². The van der Waals surface area contributed by atoms with Crippen LogP contribution in [-0.4, -0.2) is 0 Å². The van der Waals surface area contributed by atoms with Gasteiger partial charge in [0, 0.05) is 0 Å². The fraction of sp³-hybridized carbons (Fsp3) is 0.778. The first-order valence-corrected chi connectivity index (χ1v) is 7.86. The van der Waals surface area contributed by atoms with Crippen molar-refractivity contribution in [2.24, 2.45) is 10.8 Å². The van der Waals surface area contributed by atoms with Gasteiger partial charge in [0.25, 0.3) is 0 Å². The summed E-state index contributed by atoms with van der Waals surface area (Å²) in [5.41, 5.74) is 4.20. The number of rotatable bonds is 6. The number of hydrogen-bond donors (Lipinski definition) is 0. The van der Waals surface area contributed by atoms with Crippen LogP contribution in [0, 0.1) is 10.8 Å². The zero-order valence-corrected chi connectivity index (χ0v) is 13.4. The molecule has 0 aromatic rings. The molecule has 0 aliphatic heterocycles. The number of hydrogen-bond acceptors (Lipinski definition) is 0. The van der Waals surface area contributed by atoms with Crippen LogP contribution in [0.4, 0.5) is 0 Å². The summed E-state index contributed by atoms with van der Waals surface area (Å²) in [6, 6.07) is 0. The molecule has 0 aromatic heterocycles. The predicted molar refractivity (Wildman–Crippen MR) is 82.8 cm³/mol. The molecule has 0 nitrogen and oxygen atoms in total. The van der Waals surface area contributed by atoms with Crippen LogP contribution in [0.5, 0.6) is 0 Å². The van der Waals surface area contributed by atoms with E-state index in [4.69, 9.17) is 0 Å². The van der Waals surface area contributed by atoms with E-state index in [1.54, 1.807) is 11.1 Å². The highest BCUT2D eigenvalue weighted by atomic mass is 14.3. The Bertz CT molecular complexity index is 288. The molecule has 0 N–H and O–H groups in total. The fourth-order valence-electron chi connectivity index (χ4n) is 3.05. The van der Waals surface area contributed by atoms with E-state index >= 15 is 0 Å². The highest BCUT2D eigenvalue weighted by Crippen LogP contribution is 2.44. The van der Waals surface area contributed by atoms with Gasteiger partial charge in [-0.3, -0.25) is 0 Å². The van der Waals surface area contributed by atoms with Gasteiger partial charge in [-0.25, -0.2) is 0 Å². The number of allylic oxidation sites excluding steroid dienone is 4. The van der Waals surface area contributed by atoms with Crippen molar-refractivity contribution in [1.82, 2.24) is 0 Å². The van der Waals surface area contributed by atoms with E-state index in [2.05, 4.69) is 53.7 Å². The summed E-state index contributed by atoms with van der Waals surface area (Å²) < 4.78 is 0. The molecule has 1 aliphatic rings. The van der Waals surface area contributed by atoms with Crippen LogP contribution >= 0.6 is 0 Å². The van der Waals surface area contributed by atoms with E-state index in [1.165, 1.54) is 38.5 Å². The third-order valence-corrected chi connectivity index (χ3v) is 5.82. The predicted octanol–water partition coefficient (Wildman–Crippen LogP) is 6.29. The molecule has 0 heterocycles. The molecule has 0 spiro atoms. The molecule has 0 saturated carbocycles. The third-order valence-electron chi connectivity index (χ3n) is 5.82. The summed E-state index contributed by atoms with van der Waals surface area (Å²) in [6.45, 7) is 14.2. The first-order valence-electron chi connectivity index (χ1n) is 7.86. The lowest BCUT2D eigenvalue weighted by Crippen LogP contribution is -2.22. The summed E-state index contributed by atoms with van der Waals surface area (Å²) in [6.07, 6.45) is 12.5. The van der Waals surface area contributed by atoms with Crippen molar-refractivity contribution in [2.45, 2.75) is 80.1 Å². The molecule has 0 aromatic carbocycles. The van der Waals surface area contributed by atoms with E-state index in [0.717, 1.165) is 0 Å². The molecular formula is C18H32. The molecule has 1 rings (SSSR count). The minimum Gasteiger partial charge on any atom is -0.0646 e. The zero-order valence-electron chi connectivity index (χ0n) is 13.4. The van der Waals surface area contributed by atoms with E-state index in [1.807, 2.05) is 0 Å². The maximum atomic E-state index is 2.44. The standard InChI is InChI=1S/C18H32/c1-7-17(5,8-2)15-11-13-16(14-12-15)18(6,9-3)10-4/h11,13H,7-10,12,14H2,1-6H3. The van der Waals surface area contributed by atoms with Crippen molar-refractivity contribution in [1.29, 1.82) is 0 Å². The normalized spacial score (nSPS) is 17.4. The summed E-state index contributed by atoms with van der Waals surface area (Å²) in [4.78, 5) is 0. The lowest BCUT2D eigenvalue weighted by atomic mass is 9.69. The molecule has 0 radical (unpaired) electrons. The average molecular weight is 248 g/mol. The lowest BCUT2D eigenvalue weighted by Gasteiger charge is -2.36. The molecule has 104 valence electrons. The Morgan fingerprint density at radius 2 is 1.00 bits per heavy atom. The Morgan fingerprint density at radius 3 is 1.17 bits per heavy atom. The lowest BCUT2D eigenvalue weighted by molar-refractivity contribution is 0.331. The van der Waals surface area contributed by atoms with Gasteiger partial charge in [-0.1, -0.05) is 64.8 Å². The largest absolute Gasteiger partial charge is 0.0646 e. The van der Waals surface area contributed by atoms with Crippen LogP contribution < -0.4 is 0 Å². The van der Waals surface area contributed by atoms with Crippen molar-refractivity contribution in [3.63, 3.8) is 0 Å². The van der Waals surface area contributed by atoms with Crippen LogP contribution in [0.3, 0.4) is 0 Å². The SMILES string of the molecule is CCC(C)(CC)C1=CC=C(C(C)(CC)CC)CC1. The van der Waals surface area contributed by atoms with Gasteiger partial charge < -0.3 is 0 Å². The third kappa shape index (κ3) is 2.90. The summed E-state index contributed by atoms with van der Waals surface area (Å²) >= 11 is 0. The molecule has 18 heavy (non-hydrogen) atoms. The molecule has 0 fully saturated rings. The van der Waals surface area contributed by atoms with Crippen molar-refractivity contribution < 1.29 is 0 Å². The van der Waals surface area contributed by atoms with Crippen molar-refractivity contribution in [3.05, 3.63) is 23.3 Å². The smallest absolute Gasteiger partial charge is 0.0118 e. The van der Waals surface area contributed by atoms with Gasteiger partial charge in [0.1, 0.15) is 0 Å². The zero-order chi connectivity index (χ0) is 13.8. The maximum Gasteiger partial charge on any atom is -0.0118 e. The topological polar surface area (TPSA) is 0 Å². The van der Waals surface area contributed by atoms with Crippen LogP contribution in [0.1, 0.15) is 80.1 Å². The quantitative estimate of drug-likeness (QED) is 0.518. The van der Waals surface area contributed by atoms with Crippen LogP contribution in [0.2, 0.25) is 0 Å². The molecule has 0 unspecified atom stereocenters. The van der Waals surface area contributed by atoms with Gasteiger partial charge >= 0.3 is 0 Å². The second-order valence-corrected chi connectivity index (χ2v) is 6.42. The first-order chi connectivity index (χ1) is 8.45. The van der Waals surface area contributed by atoms with Gasteiger partial charge in [0.05, 0.1) is 0 Å². The first kappa shape index (κ1) is 15.5. The minimum atomic E-state index is 0.427. The Hall–Kier alpha value is -0.520. The average Bonchev–Trinajstić information content (AvgIpc) is 2.45. The van der Waals surface area contributed by atoms with Crippen molar-refractivity contribution >= 4 is 0 Å². The summed E-state index contributed by atoms with van der Waals surface area (Å²) in [7, 11) is 0. The van der Waals surface area contributed by atoms with Gasteiger partial charge in [-0.2, -0.15) is 0 Å². The highest BCUT2D eigenvalue weighted by Gasteiger charge is 2.30. The van der Waals surface area contributed by atoms with E-state index in [0.29, 0.717) is 10.8 Å². The summed E-state index contributed by atoms with van der Waals surface area (Å²) in [5, 5.41) is 0. The second kappa shape index (κ2) is 6.08. The highest BCUT2D eigenvalue weighted by molar-refractivity contribution is 5.31. The summed E-state index contributed by atoms with van der Waals surface area (Å²) in [5.74, 6) is 0. The molecule has 1 aliphatic carbocycles. The Morgan fingerprint density at radius 1 is 0.722 bits per heavy atom. The molecular weight excluding hydrogens is 216 g/mol. The molecule has 0 saturated heterocycles. The van der Waals surface area contributed by atoms with Crippen LogP contribution in [0.25, 0.3) is 0 Å². The maximum absolute atomic E-state index is 2.44.